The molecule has 0 bridgehead atoms. The SMILES string of the molecule is CCc1onc(S(C)(=O)=O)c1C(=O)OC. The van der Waals surface area contributed by atoms with Crippen molar-refractivity contribution in [3.63, 3.8) is 0 Å². The summed E-state index contributed by atoms with van der Waals surface area (Å²) in [4.78, 5) is 11.3. The highest BCUT2D eigenvalue weighted by atomic mass is 32.2. The van der Waals surface area contributed by atoms with Crippen molar-refractivity contribution in [1.29, 1.82) is 0 Å². The third kappa shape index (κ3) is 2.17. The highest BCUT2D eigenvalue weighted by Crippen LogP contribution is 2.20. The molecule has 15 heavy (non-hydrogen) atoms. The number of hydrogen-bond acceptors (Lipinski definition) is 6. The Morgan fingerprint density at radius 2 is 2.13 bits per heavy atom. The molecule has 0 radical (unpaired) electrons. The summed E-state index contributed by atoms with van der Waals surface area (Å²) in [7, 11) is -2.42. The largest absolute Gasteiger partial charge is 0.465 e. The molecular formula is C8H11NO5S. The maximum atomic E-state index is 11.3. The zero-order valence-corrected chi connectivity index (χ0v) is 9.42. The molecule has 0 N–H and O–H groups in total. The van der Waals surface area contributed by atoms with Crippen LogP contribution in [0.4, 0.5) is 0 Å². The van der Waals surface area contributed by atoms with Gasteiger partial charge < -0.3 is 9.26 Å². The Kier molecular flexibility index (Phi) is 3.13. The van der Waals surface area contributed by atoms with Crippen LogP contribution in [-0.2, 0) is 21.0 Å². The van der Waals surface area contributed by atoms with E-state index in [-0.39, 0.29) is 16.3 Å². The van der Waals surface area contributed by atoms with E-state index >= 15 is 0 Å². The Labute approximate surface area is 87.1 Å². The summed E-state index contributed by atoms with van der Waals surface area (Å²) in [5, 5.41) is 2.99. The lowest BCUT2D eigenvalue weighted by molar-refractivity contribution is 0.0594. The van der Waals surface area contributed by atoms with E-state index in [9.17, 15) is 13.2 Å². The quantitative estimate of drug-likeness (QED) is 0.703. The molecule has 7 heteroatoms. The average Bonchev–Trinajstić information content (AvgIpc) is 2.59. The second kappa shape index (κ2) is 4.01. The fraction of sp³-hybridized carbons (Fsp3) is 0.500. The fourth-order valence-electron chi connectivity index (χ4n) is 1.10. The third-order valence-electron chi connectivity index (χ3n) is 1.79. The smallest absolute Gasteiger partial charge is 0.344 e. The van der Waals surface area contributed by atoms with Crippen molar-refractivity contribution in [3.8, 4) is 0 Å². The van der Waals surface area contributed by atoms with Gasteiger partial charge in [-0.25, -0.2) is 13.2 Å². The minimum absolute atomic E-state index is 0.109. The lowest BCUT2D eigenvalue weighted by Gasteiger charge is -1.98. The number of carbonyl (C=O) groups excluding carboxylic acids is 1. The van der Waals surface area contributed by atoms with E-state index in [1.807, 2.05) is 0 Å². The fourth-order valence-corrected chi connectivity index (χ4v) is 1.85. The van der Waals surface area contributed by atoms with Gasteiger partial charge in [-0.3, -0.25) is 0 Å². The van der Waals surface area contributed by atoms with Crippen molar-refractivity contribution in [2.24, 2.45) is 0 Å². The number of aromatic nitrogens is 1. The first-order valence-corrected chi connectivity index (χ1v) is 6.07. The molecule has 0 atom stereocenters. The van der Waals surface area contributed by atoms with E-state index in [1.165, 1.54) is 7.11 Å². The molecule has 0 saturated carbocycles. The predicted molar refractivity (Wildman–Crippen MR) is 50.3 cm³/mol. The summed E-state index contributed by atoms with van der Waals surface area (Å²) >= 11 is 0. The Balaban J connectivity index is 3.43. The molecule has 1 rings (SSSR count). The van der Waals surface area contributed by atoms with Crippen LogP contribution in [0, 0.1) is 0 Å². The topological polar surface area (TPSA) is 86.5 Å². The Morgan fingerprint density at radius 1 is 1.53 bits per heavy atom. The molecule has 1 aromatic heterocycles. The van der Waals surface area contributed by atoms with Crippen LogP contribution in [0.1, 0.15) is 23.0 Å². The van der Waals surface area contributed by atoms with Gasteiger partial charge in [0, 0.05) is 12.7 Å². The zero-order chi connectivity index (χ0) is 11.6. The van der Waals surface area contributed by atoms with Crippen LogP contribution in [0.2, 0.25) is 0 Å². The molecule has 0 aromatic carbocycles. The predicted octanol–water partition coefficient (Wildman–Crippen LogP) is 0.427. The molecule has 0 spiro atoms. The minimum atomic E-state index is -3.58. The van der Waals surface area contributed by atoms with Gasteiger partial charge in [-0.15, -0.1) is 0 Å². The van der Waals surface area contributed by atoms with Crippen LogP contribution in [0.25, 0.3) is 0 Å². The second-order valence-corrected chi connectivity index (χ2v) is 4.83. The highest BCUT2D eigenvalue weighted by molar-refractivity contribution is 7.90. The van der Waals surface area contributed by atoms with Crippen molar-refractivity contribution in [1.82, 2.24) is 5.16 Å². The second-order valence-electron chi connectivity index (χ2n) is 2.90. The highest BCUT2D eigenvalue weighted by Gasteiger charge is 2.28. The van der Waals surface area contributed by atoms with Gasteiger partial charge in [0.15, 0.2) is 15.6 Å². The van der Waals surface area contributed by atoms with Crippen molar-refractivity contribution in [2.75, 3.05) is 13.4 Å². The van der Waals surface area contributed by atoms with Gasteiger partial charge in [0.1, 0.15) is 5.56 Å². The van der Waals surface area contributed by atoms with Gasteiger partial charge in [-0.05, 0) is 0 Å². The number of aryl methyl sites for hydroxylation is 1. The number of nitrogens with zero attached hydrogens (tertiary/aromatic N) is 1. The first-order chi connectivity index (χ1) is 6.91. The molecule has 0 aliphatic rings. The van der Waals surface area contributed by atoms with Crippen LogP contribution < -0.4 is 0 Å². The van der Waals surface area contributed by atoms with Crippen molar-refractivity contribution in [2.45, 2.75) is 18.4 Å². The van der Waals surface area contributed by atoms with Gasteiger partial charge in [-0.2, -0.15) is 0 Å². The van der Waals surface area contributed by atoms with Gasteiger partial charge in [0.2, 0.25) is 5.03 Å². The maximum absolute atomic E-state index is 11.3. The first-order valence-electron chi connectivity index (χ1n) is 4.18. The number of methoxy groups -OCH3 is 1. The normalized spacial score (nSPS) is 11.4. The molecule has 84 valence electrons. The van der Waals surface area contributed by atoms with Crippen molar-refractivity contribution >= 4 is 15.8 Å². The lowest BCUT2D eigenvalue weighted by Crippen LogP contribution is -2.10. The van der Waals surface area contributed by atoms with Crippen LogP contribution in [0.5, 0.6) is 0 Å². The minimum Gasteiger partial charge on any atom is -0.465 e. The van der Waals surface area contributed by atoms with E-state index in [4.69, 9.17) is 4.52 Å². The Bertz CT molecular complexity index is 473. The maximum Gasteiger partial charge on any atom is 0.344 e. The molecular weight excluding hydrogens is 222 g/mol. The van der Waals surface area contributed by atoms with E-state index in [1.54, 1.807) is 6.92 Å². The number of carbonyl (C=O) groups is 1. The summed E-state index contributed by atoms with van der Waals surface area (Å²) in [6.07, 6.45) is 1.32. The summed E-state index contributed by atoms with van der Waals surface area (Å²) in [6, 6.07) is 0. The van der Waals surface area contributed by atoms with E-state index in [0.29, 0.717) is 6.42 Å². The molecule has 0 aliphatic heterocycles. The molecule has 0 saturated heterocycles. The zero-order valence-electron chi connectivity index (χ0n) is 8.60. The third-order valence-corrected chi connectivity index (χ3v) is 2.77. The molecule has 0 unspecified atom stereocenters. The number of sulfone groups is 1. The molecule has 1 heterocycles. The molecule has 6 nitrogen and oxygen atoms in total. The van der Waals surface area contributed by atoms with Crippen LogP contribution in [0.15, 0.2) is 9.55 Å². The number of ether oxygens (including phenoxy) is 1. The van der Waals surface area contributed by atoms with Crippen LogP contribution >= 0.6 is 0 Å². The van der Waals surface area contributed by atoms with Crippen LogP contribution in [0.3, 0.4) is 0 Å². The first kappa shape index (κ1) is 11.7. The van der Waals surface area contributed by atoms with E-state index in [0.717, 1.165) is 6.26 Å². The number of hydrogen-bond donors (Lipinski definition) is 0. The lowest BCUT2D eigenvalue weighted by atomic mass is 10.2. The Hall–Kier alpha value is -1.37. The monoisotopic (exact) mass is 233 g/mol. The Morgan fingerprint density at radius 3 is 2.53 bits per heavy atom. The number of rotatable bonds is 3. The number of esters is 1. The summed E-state index contributed by atoms with van der Waals surface area (Å²) in [5.74, 6) is -0.546. The van der Waals surface area contributed by atoms with E-state index in [2.05, 4.69) is 9.89 Å². The standard InChI is InChI=1S/C8H11NO5S/c1-4-5-6(8(10)13-2)7(9-14-5)15(3,11)12/h4H2,1-3H3. The summed E-state index contributed by atoms with van der Waals surface area (Å²) in [5.41, 5.74) is -0.109. The molecule has 0 amide bonds. The van der Waals surface area contributed by atoms with Gasteiger partial charge in [0.05, 0.1) is 7.11 Å². The van der Waals surface area contributed by atoms with Gasteiger partial charge >= 0.3 is 5.97 Å². The summed E-state index contributed by atoms with van der Waals surface area (Å²) < 4.78 is 31.8. The van der Waals surface area contributed by atoms with Crippen molar-refractivity contribution < 1.29 is 22.5 Å². The van der Waals surface area contributed by atoms with Crippen LogP contribution in [-0.4, -0.2) is 32.9 Å². The van der Waals surface area contributed by atoms with Gasteiger partial charge in [0.25, 0.3) is 0 Å². The molecule has 1 aromatic rings. The van der Waals surface area contributed by atoms with E-state index < -0.39 is 15.8 Å². The molecule has 0 fully saturated rings. The van der Waals surface area contributed by atoms with Crippen molar-refractivity contribution in [3.05, 3.63) is 11.3 Å². The molecule has 0 aliphatic carbocycles. The average molecular weight is 233 g/mol. The van der Waals surface area contributed by atoms with Gasteiger partial charge in [-0.1, -0.05) is 12.1 Å². The summed E-state index contributed by atoms with van der Waals surface area (Å²) in [6.45, 7) is 1.72.